The largest absolute Gasteiger partial charge is 0.493 e. The molecule has 0 spiro atoms. The molecule has 7 nitrogen and oxygen atoms in total. The van der Waals surface area contributed by atoms with Crippen molar-refractivity contribution in [2.45, 2.75) is 45.1 Å². The molecular formula is C24H28F3N3O4. The highest BCUT2D eigenvalue weighted by molar-refractivity contribution is 6.01. The maximum atomic E-state index is 13.1. The van der Waals surface area contributed by atoms with Gasteiger partial charge in [0.2, 0.25) is 0 Å². The van der Waals surface area contributed by atoms with Crippen molar-refractivity contribution in [3.05, 3.63) is 59.2 Å². The highest BCUT2D eigenvalue weighted by Gasteiger charge is 2.31. The van der Waals surface area contributed by atoms with Gasteiger partial charge in [0.25, 0.3) is 0 Å². The first-order valence-corrected chi connectivity index (χ1v) is 10.8. The van der Waals surface area contributed by atoms with E-state index >= 15 is 0 Å². The minimum Gasteiger partial charge on any atom is -0.493 e. The van der Waals surface area contributed by atoms with Crippen LogP contribution >= 0.6 is 0 Å². The number of carbonyl (C=O) groups is 1. The summed E-state index contributed by atoms with van der Waals surface area (Å²) in [7, 11) is 3.08. The van der Waals surface area contributed by atoms with Crippen LogP contribution < -0.4 is 14.8 Å². The molecule has 2 aromatic carbocycles. The molecule has 34 heavy (non-hydrogen) atoms. The highest BCUT2D eigenvalue weighted by Crippen LogP contribution is 2.31. The van der Waals surface area contributed by atoms with Gasteiger partial charge in [-0.25, -0.2) is 4.79 Å². The van der Waals surface area contributed by atoms with Crippen molar-refractivity contribution in [1.29, 1.82) is 0 Å². The van der Waals surface area contributed by atoms with Gasteiger partial charge in [-0.3, -0.25) is 0 Å². The Kier molecular flexibility index (Phi) is 7.90. The second-order valence-corrected chi connectivity index (χ2v) is 8.22. The van der Waals surface area contributed by atoms with Crippen molar-refractivity contribution < 1.29 is 32.3 Å². The van der Waals surface area contributed by atoms with Gasteiger partial charge < -0.3 is 24.5 Å². The fourth-order valence-corrected chi connectivity index (χ4v) is 3.58. The minimum atomic E-state index is -4.46. The molecule has 1 aliphatic heterocycles. The van der Waals surface area contributed by atoms with Gasteiger partial charge in [0.1, 0.15) is 0 Å². The van der Waals surface area contributed by atoms with E-state index in [0.717, 1.165) is 17.7 Å². The van der Waals surface area contributed by atoms with Crippen LogP contribution in [0.2, 0.25) is 0 Å². The van der Waals surface area contributed by atoms with Gasteiger partial charge in [-0.1, -0.05) is 17.3 Å². The van der Waals surface area contributed by atoms with E-state index in [2.05, 4.69) is 10.5 Å². The standard InChI is InChI=1S/C24H28F3N3O4/c1-15(2)28-23(31)30(13-16-6-5-7-18(10-16)24(25,26)27)14-19-12-20(29-34-19)17-8-9-21(32-3)22(11-17)33-4/h5-11,15,19H,12-14H2,1-4H3,(H,28,31)/t19-/m0/s1. The molecule has 1 atom stereocenters. The van der Waals surface area contributed by atoms with Crippen LogP contribution in [0.1, 0.15) is 37.0 Å². The number of methoxy groups -OCH3 is 2. The number of rotatable bonds is 8. The molecule has 0 aromatic heterocycles. The summed E-state index contributed by atoms with van der Waals surface area (Å²) in [5, 5.41) is 6.95. The summed E-state index contributed by atoms with van der Waals surface area (Å²) in [5.41, 5.74) is 1.07. The lowest BCUT2D eigenvalue weighted by molar-refractivity contribution is -0.137. The number of benzene rings is 2. The molecule has 0 unspecified atom stereocenters. The topological polar surface area (TPSA) is 72.4 Å². The smallest absolute Gasteiger partial charge is 0.416 e. The predicted molar refractivity (Wildman–Crippen MR) is 121 cm³/mol. The summed E-state index contributed by atoms with van der Waals surface area (Å²) in [6, 6.07) is 9.80. The van der Waals surface area contributed by atoms with Crippen molar-refractivity contribution in [1.82, 2.24) is 10.2 Å². The van der Waals surface area contributed by atoms with Gasteiger partial charge in [0, 0.05) is 24.6 Å². The number of nitrogens with zero attached hydrogens (tertiary/aromatic N) is 2. The van der Waals surface area contributed by atoms with Crippen LogP contribution in [0.25, 0.3) is 0 Å². The zero-order chi connectivity index (χ0) is 24.9. The third-order valence-electron chi connectivity index (χ3n) is 5.20. The molecule has 0 saturated carbocycles. The average molecular weight is 479 g/mol. The molecule has 0 saturated heterocycles. The fraction of sp³-hybridized carbons (Fsp3) is 0.417. The summed E-state index contributed by atoms with van der Waals surface area (Å²) >= 11 is 0. The van der Waals surface area contributed by atoms with Gasteiger partial charge in [0.05, 0.1) is 32.0 Å². The summed E-state index contributed by atoms with van der Waals surface area (Å²) in [6.45, 7) is 3.76. The summed E-state index contributed by atoms with van der Waals surface area (Å²) in [5.74, 6) is 1.13. The molecule has 1 aliphatic rings. The lowest BCUT2D eigenvalue weighted by Gasteiger charge is -2.26. The minimum absolute atomic E-state index is 0.00593. The number of halogens is 3. The Bertz CT molecular complexity index is 1040. The van der Waals surface area contributed by atoms with E-state index in [1.807, 2.05) is 19.9 Å². The van der Waals surface area contributed by atoms with Crippen LogP contribution in [-0.4, -0.2) is 49.6 Å². The number of oxime groups is 1. The van der Waals surface area contributed by atoms with Crippen molar-refractivity contribution in [2.75, 3.05) is 20.8 Å². The second kappa shape index (κ2) is 10.7. The van der Waals surface area contributed by atoms with Crippen molar-refractivity contribution >= 4 is 11.7 Å². The van der Waals surface area contributed by atoms with E-state index in [9.17, 15) is 18.0 Å². The quantitative estimate of drug-likeness (QED) is 0.589. The number of ether oxygens (including phenoxy) is 2. The molecule has 0 aliphatic carbocycles. The molecule has 0 fully saturated rings. The Hall–Kier alpha value is -3.43. The molecule has 3 rings (SSSR count). The first-order chi connectivity index (χ1) is 16.1. The number of nitrogens with one attached hydrogen (secondary N) is 1. The van der Waals surface area contributed by atoms with E-state index in [1.165, 1.54) is 18.1 Å². The molecule has 2 amide bonds. The van der Waals surface area contributed by atoms with Gasteiger partial charge >= 0.3 is 12.2 Å². The molecule has 0 bridgehead atoms. The number of carbonyl (C=O) groups excluding carboxylic acids is 1. The predicted octanol–water partition coefficient (Wildman–Crippen LogP) is 4.84. The molecule has 1 heterocycles. The van der Waals surface area contributed by atoms with Crippen LogP contribution in [0.5, 0.6) is 11.5 Å². The van der Waals surface area contributed by atoms with E-state index in [4.69, 9.17) is 14.3 Å². The zero-order valence-corrected chi connectivity index (χ0v) is 19.5. The number of hydrogen-bond donors (Lipinski definition) is 1. The molecule has 2 aromatic rings. The third kappa shape index (κ3) is 6.33. The zero-order valence-electron chi connectivity index (χ0n) is 19.5. The average Bonchev–Trinajstić information content (AvgIpc) is 3.26. The van der Waals surface area contributed by atoms with Crippen molar-refractivity contribution in [2.24, 2.45) is 5.16 Å². The Labute approximate surface area is 196 Å². The lowest BCUT2D eigenvalue weighted by atomic mass is 10.0. The van der Waals surface area contributed by atoms with E-state index in [1.54, 1.807) is 25.3 Å². The summed E-state index contributed by atoms with van der Waals surface area (Å²) < 4.78 is 50.0. The molecule has 10 heteroatoms. The SMILES string of the molecule is COc1ccc(C2=NO[C@H](CN(Cc3cccc(C(F)(F)F)c3)C(=O)NC(C)C)C2)cc1OC. The third-order valence-corrected chi connectivity index (χ3v) is 5.20. The molecule has 0 radical (unpaired) electrons. The first-order valence-electron chi connectivity index (χ1n) is 10.8. The molecular weight excluding hydrogens is 451 g/mol. The van der Waals surface area contributed by atoms with Gasteiger partial charge in [-0.15, -0.1) is 0 Å². The van der Waals surface area contributed by atoms with Crippen LogP contribution in [0.15, 0.2) is 47.6 Å². The maximum Gasteiger partial charge on any atom is 0.416 e. The maximum absolute atomic E-state index is 13.1. The van der Waals surface area contributed by atoms with E-state index < -0.39 is 23.9 Å². The van der Waals surface area contributed by atoms with E-state index in [0.29, 0.717) is 29.2 Å². The molecule has 184 valence electrons. The fourth-order valence-electron chi connectivity index (χ4n) is 3.58. The normalized spacial score (nSPS) is 15.5. The summed E-state index contributed by atoms with van der Waals surface area (Å²) in [4.78, 5) is 19.8. The summed E-state index contributed by atoms with van der Waals surface area (Å²) in [6.07, 6.45) is -4.49. The van der Waals surface area contributed by atoms with Crippen LogP contribution in [0, 0.1) is 0 Å². The first kappa shape index (κ1) is 25.2. The number of amides is 2. The number of hydrogen-bond acceptors (Lipinski definition) is 5. The van der Waals surface area contributed by atoms with Crippen LogP contribution in [0.3, 0.4) is 0 Å². The second-order valence-electron chi connectivity index (χ2n) is 8.22. The number of urea groups is 1. The Morgan fingerprint density at radius 2 is 1.91 bits per heavy atom. The lowest BCUT2D eigenvalue weighted by Crippen LogP contribution is -2.45. The van der Waals surface area contributed by atoms with E-state index in [-0.39, 0.29) is 19.1 Å². The highest BCUT2D eigenvalue weighted by atomic mass is 19.4. The Balaban J connectivity index is 1.73. The Morgan fingerprint density at radius 1 is 1.18 bits per heavy atom. The van der Waals surface area contributed by atoms with Crippen LogP contribution in [0.4, 0.5) is 18.0 Å². The number of alkyl halides is 3. The van der Waals surface area contributed by atoms with Gasteiger partial charge in [0.15, 0.2) is 17.6 Å². The monoisotopic (exact) mass is 479 g/mol. The van der Waals surface area contributed by atoms with Gasteiger partial charge in [-0.05, 0) is 49.7 Å². The van der Waals surface area contributed by atoms with Gasteiger partial charge in [-0.2, -0.15) is 13.2 Å². The van der Waals surface area contributed by atoms with Crippen LogP contribution in [-0.2, 0) is 17.6 Å². The Morgan fingerprint density at radius 3 is 2.56 bits per heavy atom. The molecule has 1 N–H and O–H groups in total. The van der Waals surface area contributed by atoms with Crippen molar-refractivity contribution in [3.63, 3.8) is 0 Å². The van der Waals surface area contributed by atoms with Crippen molar-refractivity contribution in [3.8, 4) is 11.5 Å².